The minimum atomic E-state index is 0.238. The predicted molar refractivity (Wildman–Crippen MR) is 69.3 cm³/mol. The lowest BCUT2D eigenvalue weighted by Gasteiger charge is -2.10. The van der Waals surface area contributed by atoms with Gasteiger partial charge in [0, 0.05) is 11.1 Å². The van der Waals surface area contributed by atoms with E-state index in [-0.39, 0.29) is 5.41 Å². The number of hydrogen-bond donors (Lipinski definition) is 0. The van der Waals surface area contributed by atoms with Crippen LogP contribution < -0.4 is 0 Å². The van der Waals surface area contributed by atoms with Crippen molar-refractivity contribution in [1.29, 1.82) is 0 Å². The van der Waals surface area contributed by atoms with Crippen molar-refractivity contribution in [3.05, 3.63) is 22.2 Å². The minimum Gasteiger partial charge on any atom is -0.245 e. The molecule has 1 rings (SSSR count). The lowest BCUT2D eigenvalue weighted by Crippen LogP contribution is -1.97. The molecule has 1 aromatic heterocycles. The number of allylic oxidation sites excluding steroid dienone is 1. The number of thiazole rings is 1. The molecule has 0 bridgehead atoms. The molecule has 15 heavy (non-hydrogen) atoms. The molecule has 0 aromatic carbocycles. The second kappa shape index (κ2) is 4.93. The highest BCUT2D eigenvalue weighted by molar-refractivity contribution is 7.12. The van der Waals surface area contributed by atoms with Gasteiger partial charge < -0.3 is 0 Å². The van der Waals surface area contributed by atoms with Crippen LogP contribution in [0.15, 0.2) is 12.3 Å². The van der Waals surface area contributed by atoms with Crippen molar-refractivity contribution in [3.63, 3.8) is 0 Å². The lowest BCUT2D eigenvalue weighted by molar-refractivity contribution is 0.547. The molecule has 1 heterocycles. The smallest absolute Gasteiger partial charge is 0.115 e. The second-order valence-corrected chi connectivity index (χ2v) is 6.20. The van der Waals surface area contributed by atoms with Gasteiger partial charge in [0.2, 0.25) is 0 Å². The van der Waals surface area contributed by atoms with E-state index in [1.165, 1.54) is 11.3 Å². The van der Waals surface area contributed by atoms with Gasteiger partial charge in [0.15, 0.2) is 0 Å². The van der Waals surface area contributed by atoms with Crippen molar-refractivity contribution in [2.45, 2.75) is 47.0 Å². The molecule has 0 fully saturated rings. The summed E-state index contributed by atoms with van der Waals surface area (Å²) in [5, 5.41) is 1.13. The highest BCUT2D eigenvalue weighted by Crippen LogP contribution is 2.26. The average molecular weight is 223 g/mol. The van der Waals surface area contributed by atoms with E-state index in [9.17, 15) is 0 Å². The van der Waals surface area contributed by atoms with Crippen LogP contribution in [0.2, 0.25) is 0 Å². The van der Waals surface area contributed by atoms with Crippen molar-refractivity contribution in [3.8, 4) is 0 Å². The SMILES string of the molecule is CCC(C)c1cnc(/C=C/C(C)(C)C)s1. The Balaban J connectivity index is 2.73. The Morgan fingerprint density at radius 2 is 2.13 bits per heavy atom. The molecule has 84 valence electrons. The molecule has 0 spiro atoms. The van der Waals surface area contributed by atoms with Crippen LogP contribution in [0.4, 0.5) is 0 Å². The van der Waals surface area contributed by atoms with E-state index in [2.05, 4.69) is 51.8 Å². The zero-order valence-corrected chi connectivity index (χ0v) is 11.2. The molecule has 2 heteroatoms. The third kappa shape index (κ3) is 4.17. The maximum atomic E-state index is 4.42. The fourth-order valence-corrected chi connectivity index (χ4v) is 2.08. The van der Waals surface area contributed by atoms with Crippen LogP contribution in [0.3, 0.4) is 0 Å². The van der Waals surface area contributed by atoms with Gasteiger partial charge in [0.25, 0.3) is 0 Å². The van der Waals surface area contributed by atoms with Gasteiger partial charge in [-0.2, -0.15) is 0 Å². The van der Waals surface area contributed by atoms with E-state index in [0.717, 1.165) is 5.01 Å². The molecule has 1 unspecified atom stereocenters. The summed E-state index contributed by atoms with van der Waals surface area (Å²) in [4.78, 5) is 5.81. The molecule has 0 saturated carbocycles. The van der Waals surface area contributed by atoms with Crippen LogP contribution in [0.1, 0.15) is 56.8 Å². The first-order chi connectivity index (χ1) is 6.92. The maximum absolute atomic E-state index is 4.42. The van der Waals surface area contributed by atoms with Gasteiger partial charge in [-0.1, -0.05) is 40.7 Å². The maximum Gasteiger partial charge on any atom is 0.115 e. The fourth-order valence-electron chi connectivity index (χ4n) is 1.13. The van der Waals surface area contributed by atoms with Crippen molar-refractivity contribution >= 4 is 17.4 Å². The molecule has 1 aromatic rings. The van der Waals surface area contributed by atoms with Crippen LogP contribution in [0.25, 0.3) is 6.08 Å². The molecule has 1 atom stereocenters. The van der Waals surface area contributed by atoms with Crippen LogP contribution >= 0.6 is 11.3 Å². The first-order valence-electron chi connectivity index (χ1n) is 5.57. The molecule has 0 aliphatic carbocycles. The quantitative estimate of drug-likeness (QED) is 0.722. The first-order valence-corrected chi connectivity index (χ1v) is 6.39. The Morgan fingerprint density at radius 3 is 2.67 bits per heavy atom. The number of hydrogen-bond acceptors (Lipinski definition) is 2. The van der Waals surface area contributed by atoms with Gasteiger partial charge in [-0.05, 0) is 23.8 Å². The van der Waals surface area contributed by atoms with E-state index >= 15 is 0 Å². The summed E-state index contributed by atoms with van der Waals surface area (Å²) in [6.45, 7) is 11.1. The van der Waals surface area contributed by atoms with Crippen molar-refractivity contribution in [1.82, 2.24) is 4.98 Å². The summed E-state index contributed by atoms with van der Waals surface area (Å²) in [6.07, 6.45) is 7.55. The number of aromatic nitrogens is 1. The third-order valence-corrected chi connectivity index (χ3v) is 3.56. The van der Waals surface area contributed by atoms with Crippen LogP contribution in [-0.4, -0.2) is 4.98 Å². The van der Waals surface area contributed by atoms with Gasteiger partial charge in [-0.3, -0.25) is 0 Å². The van der Waals surface area contributed by atoms with Gasteiger partial charge in [0.05, 0.1) is 0 Å². The van der Waals surface area contributed by atoms with Crippen molar-refractivity contribution < 1.29 is 0 Å². The molecular formula is C13H21NS. The van der Waals surface area contributed by atoms with E-state index in [4.69, 9.17) is 0 Å². The summed E-state index contributed by atoms with van der Waals surface area (Å²) in [7, 11) is 0. The number of rotatable bonds is 3. The summed E-state index contributed by atoms with van der Waals surface area (Å²) in [5.41, 5.74) is 0.238. The zero-order chi connectivity index (χ0) is 11.5. The zero-order valence-electron chi connectivity index (χ0n) is 10.4. The Hall–Kier alpha value is -0.630. The Bertz CT molecular complexity index is 331. The van der Waals surface area contributed by atoms with Crippen LogP contribution in [-0.2, 0) is 0 Å². The Kier molecular flexibility index (Phi) is 4.09. The Morgan fingerprint density at radius 1 is 1.47 bits per heavy atom. The van der Waals surface area contributed by atoms with Crippen LogP contribution in [0.5, 0.6) is 0 Å². The summed E-state index contributed by atoms with van der Waals surface area (Å²) < 4.78 is 0. The highest BCUT2D eigenvalue weighted by Gasteiger charge is 2.08. The Labute approximate surface area is 97.3 Å². The summed E-state index contributed by atoms with van der Waals surface area (Å²) in [6, 6.07) is 0. The molecule has 0 N–H and O–H groups in total. The average Bonchev–Trinajstić information content (AvgIpc) is 2.61. The lowest BCUT2D eigenvalue weighted by atomic mass is 9.96. The number of nitrogens with zero attached hydrogens (tertiary/aromatic N) is 1. The minimum absolute atomic E-state index is 0.238. The largest absolute Gasteiger partial charge is 0.245 e. The molecule has 1 nitrogen and oxygen atoms in total. The third-order valence-electron chi connectivity index (χ3n) is 2.37. The van der Waals surface area contributed by atoms with Gasteiger partial charge in [-0.15, -0.1) is 11.3 Å². The fraction of sp³-hybridized carbons (Fsp3) is 0.615. The monoisotopic (exact) mass is 223 g/mol. The molecule has 0 saturated heterocycles. The standard InChI is InChI=1S/C13H21NS/c1-6-10(2)11-9-14-12(15-11)7-8-13(3,4)5/h7-10H,6H2,1-5H3/b8-7+. The normalized spacial score (nSPS) is 14.7. The molecule has 0 radical (unpaired) electrons. The second-order valence-electron chi connectivity index (χ2n) is 5.11. The van der Waals surface area contributed by atoms with E-state index in [1.807, 2.05) is 17.5 Å². The summed E-state index contributed by atoms with van der Waals surface area (Å²) in [5.74, 6) is 0.638. The first kappa shape index (κ1) is 12.4. The highest BCUT2D eigenvalue weighted by atomic mass is 32.1. The molecular weight excluding hydrogens is 202 g/mol. The van der Waals surface area contributed by atoms with Gasteiger partial charge in [0.1, 0.15) is 5.01 Å². The molecule has 0 amide bonds. The van der Waals surface area contributed by atoms with Crippen LogP contribution in [0, 0.1) is 5.41 Å². The van der Waals surface area contributed by atoms with Crippen molar-refractivity contribution in [2.75, 3.05) is 0 Å². The topological polar surface area (TPSA) is 12.9 Å². The van der Waals surface area contributed by atoms with E-state index in [0.29, 0.717) is 5.92 Å². The van der Waals surface area contributed by atoms with Gasteiger partial charge in [-0.25, -0.2) is 4.98 Å². The molecule has 0 aliphatic heterocycles. The van der Waals surface area contributed by atoms with Crippen molar-refractivity contribution in [2.24, 2.45) is 5.41 Å². The predicted octanol–water partition coefficient (Wildman–Crippen LogP) is 4.72. The van der Waals surface area contributed by atoms with E-state index < -0.39 is 0 Å². The summed E-state index contributed by atoms with van der Waals surface area (Å²) >= 11 is 1.81. The van der Waals surface area contributed by atoms with E-state index in [1.54, 1.807) is 0 Å². The van der Waals surface area contributed by atoms with Gasteiger partial charge >= 0.3 is 0 Å². The molecule has 0 aliphatic rings.